The van der Waals surface area contributed by atoms with Gasteiger partial charge in [-0.3, -0.25) is 5.43 Å². The number of anilines is 1. The highest BCUT2D eigenvalue weighted by Gasteiger charge is 2.04. The van der Waals surface area contributed by atoms with E-state index in [-0.39, 0.29) is 0 Å². The van der Waals surface area contributed by atoms with Crippen LogP contribution in [-0.4, -0.2) is 11.2 Å². The Morgan fingerprint density at radius 3 is 2.55 bits per heavy atom. The summed E-state index contributed by atoms with van der Waals surface area (Å²) >= 11 is 13.6. The molecule has 7 heteroatoms. The van der Waals surface area contributed by atoms with Crippen molar-refractivity contribution in [3.8, 4) is 17.0 Å². The number of benzene rings is 3. The second-order valence-corrected chi connectivity index (χ2v) is 8.57. The number of ether oxygens (including phenoxy) is 1. The third-order valence-corrected chi connectivity index (χ3v) is 5.85. The Balaban J connectivity index is 1.31. The van der Waals surface area contributed by atoms with Crippen molar-refractivity contribution in [3.05, 3.63) is 98.8 Å². The number of nitrogens with zero attached hydrogens (tertiary/aromatic N) is 2. The van der Waals surface area contributed by atoms with E-state index in [2.05, 4.69) is 46.7 Å². The number of hydrogen-bond acceptors (Lipinski definition) is 5. The van der Waals surface area contributed by atoms with Crippen molar-refractivity contribution >= 4 is 45.9 Å². The number of hydrazone groups is 1. The molecule has 31 heavy (non-hydrogen) atoms. The molecule has 0 aliphatic rings. The van der Waals surface area contributed by atoms with E-state index >= 15 is 0 Å². The standard InChI is InChI=1S/C24H19Cl2N3OS/c1-16-2-6-18(7-3-16)23-15-31-24(28-23)29-27-13-17-4-10-21(11-5-17)30-14-19-8-9-20(25)12-22(19)26/h2-13,15H,14H2,1H3,(H,28,29)/b27-13-. The average molecular weight is 468 g/mol. The van der Waals surface area contributed by atoms with Gasteiger partial charge in [-0.15, -0.1) is 11.3 Å². The zero-order valence-electron chi connectivity index (χ0n) is 16.7. The third-order valence-electron chi connectivity index (χ3n) is 4.51. The van der Waals surface area contributed by atoms with Gasteiger partial charge in [-0.25, -0.2) is 4.98 Å². The molecule has 1 heterocycles. The van der Waals surface area contributed by atoms with Crippen LogP contribution >= 0.6 is 34.5 Å². The van der Waals surface area contributed by atoms with Crippen molar-refractivity contribution in [2.75, 3.05) is 5.43 Å². The van der Waals surface area contributed by atoms with Crippen LogP contribution in [0.4, 0.5) is 5.13 Å². The second-order valence-electron chi connectivity index (χ2n) is 6.87. The molecule has 0 saturated carbocycles. The number of thiazole rings is 1. The highest BCUT2D eigenvalue weighted by atomic mass is 35.5. The Kier molecular flexibility index (Phi) is 6.87. The minimum Gasteiger partial charge on any atom is -0.489 e. The lowest BCUT2D eigenvalue weighted by Gasteiger charge is -2.08. The summed E-state index contributed by atoms with van der Waals surface area (Å²) in [5.41, 5.74) is 8.07. The van der Waals surface area contributed by atoms with Gasteiger partial charge in [0.2, 0.25) is 5.13 Å². The van der Waals surface area contributed by atoms with Gasteiger partial charge >= 0.3 is 0 Å². The fourth-order valence-electron chi connectivity index (χ4n) is 2.79. The summed E-state index contributed by atoms with van der Waals surface area (Å²) in [5, 5.41) is 8.24. The lowest BCUT2D eigenvalue weighted by Crippen LogP contribution is -1.96. The normalized spacial score (nSPS) is 11.1. The quantitative estimate of drug-likeness (QED) is 0.226. The molecule has 0 radical (unpaired) electrons. The van der Waals surface area contributed by atoms with E-state index < -0.39 is 0 Å². The van der Waals surface area contributed by atoms with Gasteiger partial charge in [0, 0.05) is 26.6 Å². The van der Waals surface area contributed by atoms with Crippen molar-refractivity contribution in [2.24, 2.45) is 5.10 Å². The summed E-state index contributed by atoms with van der Waals surface area (Å²) in [7, 11) is 0. The molecule has 156 valence electrons. The molecule has 4 nitrogen and oxygen atoms in total. The maximum Gasteiger partial charge on any atom is 0.203 e. The Bertz CT molecular complexity index is 1190. The molecule has 4 rings (SSSR count). The van der Waals surface area contributed by atoms with Crippen LogP contribution in [0.5, 0.6) is 5.75 Å². The van der Waals surface area contributed by atoms with E-state index in [0.29, 0.717) is 16.7 Å². The van der Waals surface area contributed by atoms with E-state index in [1.807, 2.05) is 35.7 Å². The van der Waals surface area contributed by atoms with E-state index in [1.54, 1.807) is 18.3 Å². The SMILES string of the molecule is Cc1ccc(-c2csc(N/N=C\c3ccc(OCc4ccc(Cl)cc4Cl)cc3)n2)cc1. The van der Waals surface area contributed by atoms with Crippen molar-refractivity contribution in [2.45, 2.75) is 13.5 Å². The first kappa shape index (κ1) is 21.4. The van der Waals surface area contributed by atoms with Crippen molar-refractivity contribution in [1.82, 2.24) is 4.98 Å². The van der Waals surface area contributed by atoms with Crippen molar-refractivity contribution in [3.63, 3.8) is 0 Å². The molecule has 0 bridgehead atoms. The molecule has 3 aromatic carbocycles. The highest BCUT2D eigenvalue weighted by molar-refractivity contribution is 7.14. The molecule has 0 aliphatic heterocycles. The predicted octanol–water partition coefficient (Wildman–Crippen LogP) is 7.45. The van der Waals surface area contributed by atoms with E-state index in [9.17, 15) is 0 Å². The first-order valence-corrected chi connectivity index (χ1v) is 11.2. The van der Waals surface area contributed by atoms with Crippen LogP contribution in [0.15, 0.2) is 77.2 Å². The lowest BCUT2D eigenvalue weighted by atomic mass is 10.1. The zero-order chi connectivity index (χ0) is 21.6. The summed E-state index contributed by atoms with van der Waals surface area (Å²) in [6.45, 7) is 2.44. The topological polar surface area (TPSA) is 46.5 Å². The van der Waals surface area contributed by atoms with Crippen LogP contribution in [0.25, 0.3) is 11.3 Å². The summed E-state index contributed by atoms with van der Waals surface area (Å²) in [6.07, 6.45) is 1.74. The van der Waals surface area contributed by atoms with Gasteiger partial charge in [0.15, 0.2) is 0 Å². The van der Waals surface area contributed by atoms with E-state index in [1.165, 1.54) is 16.9 Å². The van der Waals surface area contributed by atoms with Gasteiger partial charge < -0.3 is 4.74 Å². The summed E-state index contributed by atoms with van der Waals surface area (Å²) < 4.78 is 5.80. The second kappa shape index (κ2) is 9.96. The summed E-state index contributed by atoms with van der Waals surface area (Å²) in [5.74, 6) is 0.749. The largest absolute Gasteiger partial charge is 0.489 e. The van der Waals surface area contributed by atoms with Gasteiger partial charge in [0.25, 0.3) is 0 Å². The Hall–Kier alpha value is -2.86. The zero-order valence-corrected chi connectivity index (χ0v) is 19.0. The lowest BCUT2D eigenvalue weighted by molar-refractivity contribution is 0.306. The minimum absolute atomic E-state index is 0.373. The number of aryl methyl sites for hydroxylation is 1. The molecular weight excluding hydrogens is 449 g/mol. The number of hydrogen-bond donors (Lipinski definition) is 1. The number of nitrogens with one attached hydrogen (secondary N) is 1. The van der Waals surface area contributed by atoms with Crippen LogP contribution < -0.4 is 10.2 Å². The number of halogens is 2. The Morgan fingerprint density at radius 1 is 1.03 bits per heavy atom. The van der Waals surface area contributed by atoms with Crippen LogP contribution in [0.3, 0.4) is 0 Å². The van der Waals surface area contributed by atoms with Crippen LogP contribution in [0.2, 0.25) is 10.0 Å². The molecule has 0 saturated heterocycles. The number of rotatable bonds is 7. The van der Waals surface area contributed by atoms with Crippen molar-refractivity contribution in [1.29, 1.82) is 0 Å². The molecule has 0 atom stereocenters. The van der Waals surface area contributed by atoms with Crippen LogP contribution in [0.1, 0.15) is 16.7 Å². The molecule has 1 N–H and O–H groups in total. The Labute approximate surface area is 195 Å². The predicted molar refractivity (Wildman–Crippen MR) is 131 cm³/mol. The first-order chi connectivity index (χ1) is 15.1. The van der Waals surface area contributed by atoms with Gasteiger partial charge in [0.05, 0.1) is 11.9 Å². The smallest absolute Gasteiger partial charge is 0.203 e. The van der Waals surface area contributed by atoms with Crippen LogP contribution in [-0.2, 0) is 6.61 Å². The van der Waals surface area contributed by atoms with Gasteiger partial charge in [0.1, 0.15) is 12.4 Å². The highest BCUT2D eigenvalue weighted by Crippen LogP contribution is 2.25. The summed E-state index contributed by atoms with van der Waals surface area (Å²) in [6, 6.07) is 21.3. The van der Waals surface area contributed by atoms with Gasteiger partial charge in [-0.1, -0.05) is 59.1 Å². The first-order valence-electron chi connectivity index (χ1n) is 9.55. The molecular formula is C24H19Cl2N3OS. The fourth-order valence-corrected chi connectivity index (χ4v) is 3.93. The third kappa shape index (κ3) is 5.85. The Morgan fingerprint density at radius 2 is 1.81 bits per heavy atom. The van der Waals surface area contributed by atoms with Gasteiger partial charge in [-0.2, -0.15) is 5.10 Å². The molecule has 0 spiro atoms. The molecule has 0 amide bonds. The molecule has 1 aromatic heterocycles. The minimum atomic E-state index is 0.373. The maximum absolute atomic E-state index is 6.18. The molecule has 0 fully saturated rings. The number of aromatic nitrogens is 1. The van der Waals surface area contributed by atoms with Gasteiger partial charge in [-0.05, 0) is 48.9 Å². The summed E-state index contributed by atoms with van der Waals surface area (Å²) in [4.78, 5) is 4.58. The average Bonchev–Trinajstić information content (AvgIpc) is 3.23. The molecule has 0 aliphatic carbocycles. The molecule has 0 unspecified atom stereocenters. The van der Waals surface area contributed by atoms with Crippen molar-refractivity contribution < 1.29 is 4.74 Å². The maximum atomic E-state index is 6.18. The van der Waals surface area contributed by atoms with E-state index in [0.717, 1.165) is 33.3 Å². The molecule has 4 aromatic rings. The fraction of sp³-hybridized carbons (Fsp3) is 0.0833. The van der Waals surface area contributed by atoms with E-state index in [4.69, 9.17) is 27.9 Å². The monoisotopic (exact) mass is 467 g/mol. The van der Waals surface area contributed by atoms with Crippen LogP contribution in [0, 0.1) is 6.92 Å².